The van der Waals surface area contributed by atoms with Gasteiger partial charge >= 0.3 is 0 Å². The van der Waals surface area contributed by atoms with Crippen molar-refractivity contribution in [1.29, 1.82) is 0 Å². The maximum absolute atomic E-state index is 6.35. The van der Waals surface area contributed by atoms with Crippen molar-refractivity contribution < 1.29 is 0 Å². The number of nitrogens with zero attached hydrogens (tertiary/aromatic N) is 3. The van der Waals surface area contributed by atoms with Crippen LogP contribution in [0.1, 0.15) is 32.0 Å². The molecule has 1 aromatic carbocycles. The molecular weight excluding hydrogens is 470 g/mol. The molecule has 134 valence electrons. The molecule has 1 fully saturated rings. The lowest BCUT2D eigenvalue weighted by atomic mass is 10.3. The largest absolute Gasteiger partial charge is 0.356 e. The second-order valence-electron chi connectivity index (χ2n) is 6.42. The lowest BCUT2D eigenvalue weighted by Crippen LogP contribution is -2.27. The van der Waals surface area contributed by atoms with Crippen molar-refractivity contribution in [2.45, 2.75) is 33.1 Å². The van der Waals surface area contributed by atoms with Crippen LogP contribution in [-0.4, -0.2) is 23.1 Å². The Kier molecular flexibility index (Phi) is 6.28. The van der Waals surface area contributed by atoms with Crippen LogP contribution in [0.5, 0.6) is 0 Å². The molecule has 0 unspecified atom stereocenters. The third kappa shape index (κ3) is 5.11. The van der Waals surface area contributed by atoms with E-state index in [1.807, 2.05) is 25.1 Å². The third-order valence-corrected chi connectivity index (χ3v) is 5.30. The summed E-state index contributed by atoms with van der Waals surface area (Å²) in [4.78, 5) is 11.5. The summed E-state index contributed by atoms with van der Waals surface area (Å²) in [6.07, 6.45) is 3.74. The van der Waals surface area contributed by atoms with Crippen molar-refractivity contribution in [1.82, 2.24) is 9.97 Å². The van der Waals surface area contributed by atoms with Crippen LogP contribution < -0.4 is 10.2 Å². The molecule has 25 heavy (non-hydrogen) atoms. The minimum Gasteiger partial charge on any atom is -0.356 e. The summed E-state index contributed by atoms with van der Waals surface area (Å²) < 4.78 is 0.997. The zero-order chi connectivity index (χ0) is 18.0. The monoisotopic (exact) mass is 490 g/mol. The topological polar surface area (TPSA) is 41.0 Å². The number of nitrogens with one attached hydrogen (secondary N) is 1. The number of benzene rings is 1. The minimum atomic E-state index is 0.582. The fraction of sp³-hybridized carbons (Fsp3) is 0.444. The van der Waals surface area contributed by atoms with Gasteiger partial charge in [0.15, 0.2) is 0 Å². The second kappa shape index (κ2) is 8.27. The van der Waals surface area contributed by atoms with Crippen molar-refractivity contribution in [3.05, 3.63) is 37.6 Å². The van der Waals surface area contributed by atoms with E-state index < -0.39 is 0 Å². The average molecular weight is 491 g/mol. The fourth-order valence-electron chi connectivity index (χ4n) is 2.75. The van der Waals surface area contributed by atoms with Crippen LogP contribution in [0, 0.1) is 16.4 Å². The van der Waals surface area contributed by atoms with Gasteiger partial charge in [-0.1, -0.05) is 30.1 Å². The second-order valence-corrected chi connectivity index (χ2v) is 8.48. The zero-order valence-electron chi connectivity index (χ0n) is 14.3. The summed E-state index contributed by atoms with van der Waals surface area (Å²) in [5, 5.41) is 4.43. The standard InChI is InChI=1S/C18H21Cl2IN4/c1-3-6-25(10-12-4-5-12)17-9-16(22-11(2)23-17)24-18-14(19)7-13(21)8-15(18)20/h7-9,12H,3-6,10H2,1-2H3,(H,22,23,24). The Morgan fingerprint density at radius 2 is 1.88 bits per heavy atom. The maximum Gasteiger partial charge on any atom is 0.136 e. The first-order valence-electron chi connectivity index (χ1n) is 8.48. The van der Waals surface area contributed by atoms with Gasteiger partial charge in [0.05, 0.1) is 15.7 Å². The molecule has 1 aliphatic rings. The summed E-state index contributed by atoms with van der Waals surface area (Å²) in [7, 11) is 0. The Bertz CT molecular complexity index is 742. The van der Waals surface area contributed by atoms with Gasteiger partial charge < -0.3 is 10.2 Å². The Morgan fingerprint density at radius 3 is 2.48 bits per heavy atom. The van der Waals surface area contributed by atoms with E-state index in [1.165, 1.54) is 12.8 Å². The number of rotatable bonds is 7. The number of halogens is 3. The normalized spacial score (nSPS) is 13.8. The lowest BCUT2D eigenvalue weighted by molar-refractivity contribution is 0.696. The first-order valence-corrected chi connectivity index (χ1v) is 10.3. The summed E-state index contributed by atoms with van der Waals surface area (Å²) >= 11 is 14.9. The van der Waals surface area contributed by atoms with E-state index in [9.17, 15) is 0 Å². The van der Waals surface area contributed by atoms with E-state index in [2.05, 4.69) is 49.7 Å². The van der Waals surface area contributed by atoms with Crippen LogP contribution in [-0.2, 0) is 0 Å². The summed E-state index contributed by atoms with van der Waals surface area (Å²) in [6.45, 7) is 6.16. The first-order chi connectivity index (χ1) is 12.0. The molecule has 0 spiro atoms. The predicted molar refractivity (Wildman–Crippen MR) is 114 cm³/mol. The molecule has 1 aliphatic carbocycles. The van der Waals surface area contributed by atoms with Crippen LogP contribution in [0.15, 0.2) is 18.2 Å². The van der Waals surface area contributed by atoms with Gasteiger partial charge in [0.25, 0.3) is 0 Å². The van der Waals surface area contributed by atoms with Gasteiger partial charge in [-0.2, -0.15) is 0 Å². The highest BCUT2D eigenvalue weighted by Gasteiger charge is 2.25. The van der Waals surface area contributed by atoms with Gasteiger partial charge in [-0.15, -0.1) is 0 Å². The molecule has 1 aromatic heterocycles. The molecule has 0 bridgehead atoms. The Labute approximate surface area is 172 Å². The van der Waals surface area contributed by atoms with E-state index in [1.54, 1.807) is 0 Å². The van der Waals surface area contributed by atoms with E-state index in [-0.39, 0.29) is 0 Å². The summed E-state index contributed by atoms with van der Waals surface area (Å²) in [5.41, 5.74) is 0.678. The molecule has 0 aliphatic heterocycles. The van der Waals surface area contributed by atoms with Crippen LogP contribution >= 0.6 is 45.8 Å². The highest BCUT2D eigenvalue weighted by atomic mass is 127. The molecular formula is C18H21Cl2IN4. The number of hydrogen-bond acceptors (Lipinski definition) is 4. The van der Waals surface area contributed by atoms with E-state index >= 15 is 0 Å². The molecule has 0 saturated heterocycles. The van der Waals surface area contributed by atoms with Crippen LogP contribution in [0.4, 0.5) is 17.3 Å². The Balaban J connectivity index is 1.88. The van der Waals surface area contributed by atoms with Crippen molar-refractivity contribution in [3.8, 4) is 0 Å². The predicted octanol–water partition coefficient (Wildman–Crippen LogP) is 6.07. The first kappa shape index (κ1) is 19.0. The van der Waals surface area contributed by atoms with Gasteiger partial charge in [0.2, 0.25) is 0 Å². The third-order valence-electron chi connectivity index (χ3n) is 4.08. The molecule has 2 aromatic rings. The molecule has 3 rings (SSSR count). The molecule has 1 heterocycles. The Morgan fingerprint density at radius 1 is 1.20 bits per heavy atom. The zero-order valence-corrected chi connectivity index (χ0v) is 18.0. The molecule has 1 saturated carbocycles. The van der Waals surface area contributed by atoms with Crippen molar-refractivity contribution in [3.63, 3.8) is 0 Å². The SMILES string of the molecule is CCCN(CC1CC1)c1cc(Nc2c(Cl)cc(I)cc2Cl)nc(C)n1. The molecule has 4 nitrogen and oxygen atoms in total. The fourth-order valence-corrected chi connectivity index (χ4v) is 4.32. The summed E-state index contributed by atoms with van der Waals surface area (Å²) in [6, 6.07) is 5.74. The van der Waals surface area contributed by atoms with Crippen LogP contribution in [0.3, 0.4) is 0 Å². The van der Waals surface area contributed by atoms with Crippen molar-refractivity contribution in [2.75, 3.05) is 23.3 Å². The van der Waals surface area contributed by atoms with E-state index in [0.29, 0.717) is 21.6 Å². The number of aryl methyl sites for hydroxylation is 1. The molecule has 0 amide bonds. The van der Waals surface area contributed by atoms with Crippen molar-refractivity contribution >= 4 is 63.1 Å². The van der Waals surface area contributed by atoms with Crippen LogP contribution in [0.2, 0.25) is 10.0 Å². The quantitative estimate of drug-likeness (QED) is 0.478. The van der Waals surface area contributed by atoms with Gasteiger partial charge in [-0.3, -0.25) is 0 Å². The van der Waals surface area contributed by atoms with Gasteiger partial charge in [0.1, 0.15) is 17.5 Å². The molecule has 1 N–H and O–H groups in total. The highest BCUT2D eigenvalue weighted by Crippen LogP contribution is 2.35. The van der Waals surface area contributed by atoms with E-state index in [4.69, 9.17) is 23.2 Å². The number of hydrogen-bond donors (Lipinski definition) is 1. The number of anilines is 3. The van der Waals surface area contributed by atoms with Gasteiger partial charge in [-0.05, 0) is 66.8 Å². The average Bonchev–Trinajstić information content (AvgIpc) is 3.34. The number of aromatic nitrogens is 2. The molecule has 0 radical (unpaired) electrons. The summed E-state index contributed by atoms with van der Waals surface area (Å²) in [5.74, 6) is 3.21. The van der Waals surface area contributed by atoms with Gasteiger partial charge in [-0.25, -0.2) is 9.97 Å². The van der Waals surface area contributed by atoms with Crippen molar-refractivity contribution in [2.24, 2.45) is 5.92 Å². The minimum absolute atomic E-state index is 0.582. The van der Waals surface area contributed by atoms with Crippen LogP contribution in [0.25, 0.3) is 0 Å². The lowest BCUT2D eigenvalue weighted by Gasteiger charge is -2.24. The Hall–Kier alpha value is -0.790. The smallest absolute Gasteiger partial charge is 0.136 e. The van der Waals surface area contributed by atoms with E-state index in [0.717, 1.165) is 40.6 Å². The molecule has 0 atom stereocenters. The highest BCUT2D eigenvalue weighted by molar-refractivity contribution is 14.1. The van der Waals surface area contributed by atoms with Gasteiger partial charge in [0, 0.05) is 22.7 Å². The molecule has 7 heteroatoms. The maximum atomic E-state index is 6.35.